The van der Waals surface area contributed by atoms with Gasteiger partial charge >= 0.3 is 5.69 Å². The third-order valence-electron chi connectivity index (χ3n) is 4.23. The quantitative estimate of drug-likeness (QED) is 0.263. The molecule has 0 saturated carbocycles. The Morgan fingerprint density at radius 2 is 1.86 bits per heavy atom. The van der Waals surface area contributed by atoms with E-state index in [1.165, 1.54) is 18.2 Å². The van der Waals surface area contributed by atoms with Crippen molar-refractivity contribution in [2.75, 3.05) is 0 Å². The number of ketones is 1. The molecule has 3 rings (SSSR count). The average Bonchev–Trinajstić information content (AvgIpc) is 2.73. The third kappa shape index (κ3) is 5.07. The summed E-state index contributed by atoms with van der Waals surface area (Å²) in [5.41, 5.74) is 1.69. The lowest BCUT2D eigenvalue weighted by atomic mass is 10.0. The van der Waals surface area contributed by atoms with E-state index in [9.17, 15) is 20.0 Å². The molecule has 0 fully saturated rings. The first-order valence-electron chi connectivity index (χ1n) is 8.91. The fourth-order valence-corrected chi connectivity index (χ4v) is 2.80. The normalized spacial score (nSPS) is 10.8. The minimum absolute atomic E-state index is 0.107. The maximum Gasteiger partial charge on any atom is 0.311 e. The van der Waals surface area contributed by atoms with Crippen LogP contribution in [0.2, 0.25) is 0 Å². The minimum atomic E-state index is -0.712. The number of rotatable bonds is 7. The van der Waals surface area contributed by atoms with E-state index >= 15 is 0 Å². The fraction of sp³-hybridized carbons (Fsp3) is 0.0870. The van der Waals surface area contributed by atoms with Crippen LogP contribution in [0.4, 0.5) is 5.69 Å². The van der Waals surface area contributed by atoms with E-state index < -0.39 is 22.1 Å². The van der Waals surface area contributed by atoms with Crippen LogP contribution in [-0.2, 0) is 6.61 Å². The number of ether oxygens (including phenoxy) is 1. The largest absolute Gasteiger partial charge is 0.502 e. The summed E-state index contributed by atoms with van der Waals surface area (Å²) in [7, 11) is 0. The molecule has 6 nitrogen and oxygen atoms in total. The van der Waals surface area contributed by atoms with Gasteiger partial charge in [0, 0.05) is 6.07 Å². The number of phenolic OH excluding ortho intramolecular Hbond substituents is 1. The molecule has 0 saturated heterocycles. The summed E-state index contributed by atoms with van der Waals surface area (Å²) in [6, 6.07) is 19.6. The van der Waals surface area contributed by atoms with Crippen molar-refractivity contribution in [1.29, 1.82) is 0 Å². The zero-order chi connectivity index (χ0) is 20.8. The minimum Gasteiger partial charge on any atom is -0.502 e. The molecule has 3 aromatic rings. The van der Waals surface area contributed by atoms with Crippen molar-refractivity contribution in [3.63, 3.8) is 0 Å². The molecule has 0 radical (unpaired) electrons. The molecule has 0 spiro atoms. The van der Waals surface area contributed by atoms with Gasteiger partial charge < -0.3 is 9.84 Å². The summed E-state index contributed by atoms with van der Waals surface area (Å²) in [5, 5.41) is 21.1. The molecular weight excluding hydrogens is 370 g/mol. The predicted octanol–water partition coefficient (Wildman–Crippen LogP) is 5.08. The van der Waals surface area contributed by atoms with E-state index in [1.54, 1.807) is 31.2 Å². The number of nitro benzene ring substituents is 1. The topological polar surface area (TPSA) is 89.7 Å². The maximum absolute atomic E-state index is 12.5. The number of nitro groups is 1. The first-order valence-corrected chi connectivity index (χ1v) is 8.91. The highest BCUT2D eigenvalue weighted by Gasteiger charge is 2.21. The van der Waals surface area contributed by atoms with Crippen molar-refractivity contribution in [3.05, 3.63) is 105 Å². The summed E-state index contributed by atoms with van der Waals surface area (Å²) >= 11 is 0. The van der Waals surface area contributed by atoms with Crippen LogP contribution in [0.15, 0.2) is 72.8 Å². The second-order valence-electron chi connectivity index (χ2n) is 6.48. The van der Waals surface area contributed by atoms with Crippen LogP contribution < -0.4 is 4.74 Å². The van der Waals surface area contributed by atoms with Crippen LogP contribution in [0, 0.1) is 17.0 Å². The van der Waals surface area contributed by atoms with Gasteiger partial charge in [-0.15, -0.1) is 0 Å². The highest BCUT2D eigenvalue weighted by atomic mass is 16.6. The van der Waals surface area contributed by atoms with Crippen molar-refractivity contribution < 1.29 is 19.6 Å². The molecule has 0 aromatic heterocycles. The Balaban J connectivity index is 1.75. The van der Waals surface area contributed by atoms with E-state index in [0.29, 0.717) is 17.9 Å². The summed E-state index contributed by atoms with van der Waals surface area (Å²) < 4.78 is 5.77. The van der Waals surface area contributed by atoms with Gasteiger partial charge in [0.25, 0.3) is 0 Å². The first kappa shape index (κ1) is 19.8. The van der Waals surface area contributed by atoms with E-state index in [2.05, 4.69) is 0 Å². The molecule has 0 atom stereocenters. The van der Waals surface area contributed by atoms with Crippen LogP contribution in [0.3, 0.4) is 0 Å². The van der Waals surface area contributed by atoms with Crippen LogP contribution in [0.1, 0.15) is 27.0 Å². The molecule has 0 aliphatic rings. The summed E-state index contributed by atoms with van der Waals surface area (Å²) in [6.07, 6.45) is 2.85. The van der Waals surface area contributed by atoms with Gasteiger partial charge in [-0.05, 0) is 47.9 Å². The van der Waals surface area contributed by atoms with Crippen LogP contribution >= 0.6 is 0 Å². The number of carbonyl (C=O) groups excluding carboxylic acids is 1. The maximum atomic E-state index is 12.5. The molecule has 0 heterocycles. The smallest absolute Gasteiger partial charge is 0.311 e. The van der Waals surface area contributed by atoms with E-state index in [0.717, 1.165) is 11.1 Å². The number of aryl methyl sites for hydroxylation is 1. The predicted molar refractivity (Wildman–Crippen MR) is 110 cm³/mol. The van der Waals surface area contributed by atoms with E-state index in [4.69, 9.17) is 4.74 Å². The van der Waals surface area contributed by atoms with Crippen molar-refractivity contribution >= 4 is 17.5 Å². The number of hydrogen-bond donors (Lipinski definition) is 1. The number of carbonyl (C=O) groups is 1. The monoisotopic (exact) mass is 389 g/mol. The van der Waals surface area contributed by atoms with Crippen LogP contribution in [0.25, 0.3) is 6.08 Å². The molecule has 0 unspecified atom stereocenters. The number of phenols is 1. The van der Waals surface area contributed by atoms with Crippen molar-refractivity contribution in [2.24, 2.45) is 0 Å². The second-order valence-corrected chi connectivity index (χ2v) is 6.48. The Morgan fingerprint density at radius 3 is 2.59 bits per heavy atom. The van der Waals surface area contributed by atoms with Gasteiger partial charge in [0.2, 0.25) is 5.75 Å². The van der Waals surface area contributed by atoms with Crippen LogP contribution in [0.5, 0.6) is 11.5 Å². The number of benzene rings is 3. The Bertz CT molecular complexity index is 1070. The van der Waals surface area contributed by atoms with Gasteiger partial charge in [0.1, 0.15) is 12.4 Å². The van der Waals surface area contributed by atoms with Crippen molar-refractivity contribution in [1.82, 2.24) is 0 Å². The average molecular weight is 389 g/mol. The SMILES string of the molecule is Cc1cc(C(=O)/C=C/c2cccc(OCc3ccccc3)c2)c(O)c([N+](=O)[O-])c1. The van der Waals surface area contributed by atoms with Gasteiger partial charge in [-0.1, -0.05) is 48.5 Å². The molecular formula is C23H19NO5. The van der Waals surface area contributed by atoms with Gasteiger partial charge in [-0.25, -0.2) is 0 Å². The molecule has 0 amide bonds. The van der Waals surface area contributed by atoms with Gasteiger partial charge in [-0.3, -0.25) is 14.9 Å². The number of allylic oxidation sites excluding steroid dienone is 1. The van der Waals surface area contributed by atoms with E-state index in [1.807, 2.05) is 36.4 Å². The zero-order valence-electron chi connectivity index (χ0n) is 15.7. The second kappa shape index (κ2) is 8.84. The van der Waals surface area contributed by atoms with Crippen LogP contribution in [-0.4, -0.2) is 15.8 Å². The fourth-order valence-electron chi connectivity index (χ4n) is 2.80. The van der Waals surface area contributed by atoms with E-state index in [-0.39, 0.29) is 5.56 Å². The summed E-state index contributed by atoms with van der Waals surface area (Å²) in [4.78, 5) is 22.8. The summed E-state index contributed by atoms with van der Waals surface area (Å²) in [5.74, 6) is -0.502. The van der Waals surface area contributed by atoms with Gasteiger partial charge in [0.15, 0.2) is 5.78 Å². The molecule has 146 valence electrons. The Kier molecular flexibility index (Phi) is 6.04. The number of aromatic hydroxyl groups is 1. The Morgan fingerprint density at radius 1 is 1.10 bits per heavy atom. The molecule has 29 heavy (non-hydrogen) atoms. The molecule has 3 aromatic carbocycles. The van der Waals surface area contributed by atoms with Gasteiger partial charge in [-0.2, -0.15) is 0 Å². The Hall–Kier alpha value is -3.93. The lowest BCUT2D eigenvalue weighted by Gasteiger charge is -2.07. The Labute approximate surface area is 167 Å². The highest BCUT2D eigenvalue weighted by Crippen LogP contribution is 2.31. The standard InChI is InChI=1S/C23H19NO5/c1-16-12-20(23(26)21(13-16)24(27)28)22(25)11-10-17-8-5-9-19(14-17)29-15-18-6-3-2-4-7-18/h2-14,26H,15H2,1H3/b11-10+. The number of nitrogens with zero attached hydrogens (tertiary/aromatic N) is 1. The zero-order valence-corrected chi connectivity index (χ0v) is 15.7. The first-order chi connectivity index (χ1) is 13.9. The molecule has 6 heteroatoms. The number of hydrogen-bond acceptors (Lipinski definition) is 5. The van der Waals surface area contributed by atoms with Crippen molar-refractivity contribution in [3.8, 4) is 11.5 Å². The summed E-state index contributed by atoms with van der Waals surface area (Å²) in [6.45, 7) is 2.05. The molecule has 1 N–H and O–H groups in total. The molecule has 0 bridgehead atoms. The third-order valence-corrected chi connectivity index (χ3v) is 4.23. The molecule has 0 aliphatic heterocycles. The highest BCUT2D eigenvalue weighted by molar-refractivity contribution is 6.09. The molecule has 0 aliphatic carbocycles. The lowest BCUT2D eigenvalue weighted by molar-refractivity contribution is -0.385. The lowest BCUT2D eigenvalue weighted by Crippen LogP contribution is -1.99. The van der Waals surface area contributed by atoms with Crippen molar-refractivity contribution in [2.45, 2.75) is 13.5 Å². The van der Waals surface area contributed by atoms with Gasteiger partial charge in [0.05, 0.1) is 10.5 Å².